The largest absolute Gasteiger partial charge is 0.411 e. The van der Waals surface area contributed by atoms with Crippen molar-refractivity contribution < 1.29 is 13.6 Å². The molecule has 0 saturated carbocycles. The first-order valence-corrected chi connectivity index (χ1v) is 8.60. The number of carbonyl (C=O) groups is 1. The smallest absolute Gasteiger partial charge is 0.277 e. The Morgan fingerprint density at radius 1 is 1.20 bits per heavy atom. The highest BCUT2D eigenvalue weighted by Gasteiger charge is 2.13. The first-order chi connectivity index (χ1) is 12.0. The molecule has 2 aromatic carbocycles. The lowest BCUT2D eigenvalue weighted by Gasteiger charge is -2.05. The van der Waals surface area contributed by atoms with E-state index in [0.717, 1.165) is 28.5 Å². The molecule has 1 N–H and O–H groups in total. The number of nitrogens with one attached hydrogen (secondary N) is 1. The molecule has 1 aromatic heterocycles. The summed E-state index contributed by atoms with van der Waals surface area (Å²) in [5, 5.41) is 10.8. The molecule has 128 valence electrons. The van der Waals surface area contributed by atoms with Crippen molar-refractivity contribution in [2.45, 2.75) is 19.1 Å². The van der Waals surface area contributed by atoms with Gasteiger partial charge >= 0.3 is 0 Å². The summed E-state index contributed by atoms with van der Waals surface area (Å²) in [7, 11) is 0. The number of hydrogen-bond donors (Lipinski definition) is 1. The van der Waals surface area contributed by atoms with E-state index < -0.39 is 5.82 Å². The van der Waals surface area contributed by atoms with Crippen molar-refractivity contribution in [3.05, 3.63) is 59.4 Å². The van der Waals surface area contributed by atoms with Crippen molar-refractivity contribution in [1.29, 1.82) is 0 Å². The van der Waals surface area contributed by atoms with E-state index in [2.05, 4.69) is 15.5 Å². The Kier molecular flexibility index (Phi) is 5.14. The Morgan fingerprint density at radius 3 is 2.76 bits per heavy atom. The van der Waals surface area contributed by atoms with Crippen LogP contribution < -0.4 is 5.32 Å². The van der Waals surface area contributed by atoms with Crippen molar-refractivity contribution >= 4 is 23.4 Å². The molecule has 25 heavy (non-hydrogen) atoms. The third kappa shape index (κ3) is 4.24. The van der Waals surface area contributed by atoms with Gasteiger partial charge in [-0.05, 0) is 43.2 Å². The molecule has 0 saturated heterocycles. The number of rotatable bonds is 5. The molecule has 0 spiro atoms. The van der Waals surface area contributed by atoms with E-state index in [0.29, 0.717) is 5.89 Å². The maximum atomic E-state index is 13.7. The summed E-state index contributed by atoms with van der Waals surface area (Å²) in [6.07, 6.45) is 0. The van der Waals surface area contributed by atoms with Gasteiger partial charge in [0.25, 0.3) is 5.22 Å². The average molecular weight is 357 g/mol. The highest BCUT2D eigenvalue weighted by Crippen LogP contribution is 2.25. The van der Waals surface area contributed by atoms with Gasteiger partial charge in [-0.2, -0.15) is 0 Å². The summed E-state index contributed by atoms with van der Waals surface area (Å²) in [5.74, 6) is -0.352. The summed E-state index contributed by atoms with van der Waals surface area (Å²) in [5.41, 5.74) is 2.82. The number of benzene rings is 2. The first-order valence-electron chi connectivity index (χ1n) is 7.61. The fourth-order valence-electron chi connectivity index (χ4n) is 2.22. The second-order valence-corrected chi connectivity index (χ2v) is 6.43. The minimum absolute atomic E-state index is 0.0444. The molecule has 0 bridgehead atoms. The zero-order valence-corrected chi connectivity index (χ0v) is 14.6. The van der Waals surface area contributed by atoms with Gasteiger partial charge in [0.05, 0.1) is 11.4 Å². The number of amides is 1. The lowest BCUT2D eigenvalue weighted by molar-refractivity contribution is -0.113. The standard InChI is InChI=1S/C18H16FN3O2S/c1-11-7-8-15(14(19)9-11)20-16(23)10-25-18-22-21-17(24-18)13-6-4-3-5-12(13)2/h3-9H,10H2,1-2H3,(H,20,23). The third-order valence-electron chi connectivity index (χ3n) is 3.51. The molecule has 0 aliphatic rings. The monoisotopic (exact) mass is 357 g/mol. The van der Waals surface area contributed by atoms with E-state index in [9.17, 15) is 9.18 Å². The summed E-state index contributed by atoms with van der Waals surface area (Å²) in [6.45, 7) is 3.74. The van der Waals surface area contributed by atoms with Crippen LogP contribution in [0.15, 0.2) is 52.1 Å². The molecule has 0 atom stereocenters. The van der Waals surface area contributed by atoms with Crippen LogP contribution in [-0.4, -0.2) is 21.9 Å². The summed E-state index contributed by atoms with van der Waals surface area (Å²) < 4.78 is 19.3. The number of carbonyl (C=O) groups excluding carboxylic acids is 1. The van der Waals surface area contributed by atoms with Crippen LogP contribution in [0.3, 0.4) is 0 Å². The van der Waals surface area contributed by atoms with Gasteiger partial charge in [-0.3, -0.25) is 4.79 Å². The molecular weight excluding hydrogens is 341 g/mol. The van der Waals surface area contributed by atoms with Crippen molar-refractivity contribution in [2.24, 2.45) is 0 Å². The lowest BCUT2D eigenvalue weighted by Crippen LogP contribution is -2.15. The van der Waals surface area contributed by atoms with E-state index in [1.54, 1.807) is 13.0 Å². The van der Waals surface area contributed by atoms with Crippen LogP contribution in [0.1, 0.15) is 11.1 Å². The third-order valence-corrected chi connectivity index (χ3v) is 4.33. The Labute approximate surface area is 148 Å². The molecule has 1 amide bonds. The normalized spacial score (nSPS) is 10.7. The summed E-state index contributed by atoms with van der Waals surface area (Å²) >= 11 is 1.10. The van der Waals surface area contributed by atoms with E-state index in [1.807, 2.05) is 31.2 Å². The molecule has 0 aliphatic heterocycles. The number of hydrogen-bond acceptors (Lipinski definition) is 5. The van der Waals surface area contributed by atoms with Crippen LogP contribution >= 0.6 is 11.8 Å². The maximum absolute atomic E-state index is 13.7. The van der Waals surface area contributed by atoms with Gasteiger partial charge < -0.3 is 9.73 Å². The highest BCUT2D eigenvalue weighted by molar-refractivity contribution is 7.99. The molecule has 3 rings (SSSR count). The van der Waals surface area contributed by atoms with E-state index in [4.69, 9.17) is 4.42 Å². The molecular formula is C18H16FN3O2S. The molecule has 3 aromatic rings. The Bertz CT molecular complexity index is 911. The van der Waals surface area contributed by atoms with Crippen LogP contribution in [0.25, 0.3) is 11.5 Å². The van der Waals surface area contributed by atoms with Gasteiger partial charge in [-0.15, -0.1) is 10.2 Å². The topological polar surface area (TPSA) is 68.0 Å². The second-order valence-electron chi connectivity index (χ2n) is 5.51. The van der Waals surface area contributed by atoms with E-state index in [-0.39, 0.29) is 22.6 Å². The molecule has 5 nitrogen and oxygen atoms in total. The van der Waals surface area contributed by atoms with Crippen LogP contribution in [0, 0.1) is 19.7 Å². The Balaban J connectivity index is 1.60. The van der Waals surface area contributed by atoms with Gasteiger partial charge in [0.15, 0.2) is 0 Å². The quantitative estimate of drug-likeness (QED) is 0.692. The zero-order valence-electron chi connectivity index (χ0n) is 13.7. The van der Waals surface area contributed by atoms with Gasteiger partial charge in [0, 0.05) is 5.56 Å². The minimum Gasteiger partial charge on any atom is -0.411 e. The summed E-state index contributed by atoms with van der Waals surface area (Å²) in [6, 6.07) is 12.3. The maximum Gasteiger partial charge on any atom is 0.277 e. The van der Waals surface area contributed by atoms with Crippen LogP contribution in [-0.2, 0) is 4.79 Å². The zero-order chi connectivity index (χ0) is 17.8. The molecule has 0 fully saturated rings. The van der Waals surface area contributed by atoms with Crippen LogP contribution in [0.2, 0.25) is 0 Å². The van der Waals surface area contributed by atoms with Crippen molar-refractivity contribution in [1.82, 2.24) is 10.2 Å². The number of nitrogens with zero attached hydrogens (tertiary/aromatic N) is 2. The van der Waals surface area contributed by atoms with E-state index >= 15 is 0 Å². The predicted molar refractivity (Wildman–Crippen MR) is 95.0 cm³/mol. The number of thioether (sulfide) groups is 1. The highest BCUT2D eigenvalue weighted by atomic mass is 32.2. The van der Waals surface area contributed by atoms with Crippen molar-refractivity contribution in [2.75, 3.05) is 11.1 Å². The molecule has 0 unspecified atom stereocenters. The fourth-order valence-corrected chi connectivity index (χ4v) is 2.79. The number of halogens is 1. The van der Waals surface area contributed by atoms with Gasteiger partial charge in [0.2, 0.25) is 11.8 Å². The number of anilines is 1. The first kappa shape index (κ1) is 17.2. The average Bonchev–Trinajstić information content (AvgIpc) is 3.05. The van der Waals surface area contributed by atoms with Gasteiger partial charge in [0.1, 0.15) is 5.82 Å². The predicted octanol–water partition coefficient (Wildman–Crippen LogP) is 4.22. The fraction of sp³-hybridized carbons (Fsp3) is 0.167. The lowest BCUT2D eigenvalue weighted by atomic mass is 10.1. The SMILES string of the molecule is Cc1ccc(NC(=O)CSc2nnc(-c3ccccc3C)o2)c(F)c1. The number of aromatic nitrogens is 2. The number of aryl methyl sites for hydroxylation is 2. The second kappa shape index (κ2) is 7.48. The van der Waals surface area contributed by atoms with E-state index in [1.165, 1.54) is 12.1 Å². The Hall–Kier alpha value is -2.67. The van der Waals surface area contributed by atoms with Crippen LogP contribution in [0.5, 0.6) is 0 Å². The molecule has 0 aliphatic carbocycles. The summed E-state index contributed by atoms with van der Waals surface area (Å²) in [4.78, 5) is 12.0. The van der Waals surface area contributed by atoms with Crippen molar-refractivity contribution in [3.8, 4) is 11.5 Å². The Morgan fingerprint density at radius 2 is 2.00 bits per heavy atom. The van der Waals surface area contributed by atoms with Gasteiger partial charge in [-0.1, -0.05) is 36.0 Å². The molecule has 7 heteroatoms. The van der Waals surface area contributed by atoms with Crippen molar-refractivity contribution in [3.63, 3.8) is 0 Å². The minimum atomic E-state index is -0.460. The molecule has 0 radical (unpaired) electrons. The van der Waals surface area contributed by atoms with Gasteiger partial charge in [-0.25, -0.2) is 4.39 Å². The van der Waals surface area contributed by atoms with Crippen LogP contribution in [0.4, 0.5) is 10.1 Å². The molecule has 1 heterocycles.